The molecule has 2 amide bonds. The molecule has 0 aromatic heterocycles. The Bertz CT molecular complexity index is 1360. The highest BCUT2D eigenvalue weighted by Crippen LogP contribution is 2.52. The molecule has 6 atom stereocenters. The molecule has 0 aliphatic heterocycles. The van der Waals surface area contributed by atoms with Gasteiger partial charge in [-0.15, -0.1) is 0 Å². The highest BCUT2D eigenvalue weighted by molar-refractivity contribution is 6.32. The molecule has 4 rings (SSSR count). The summed E-state index contributed by atoms with van der Waals surface area (Å²) in [6.45, 7) is 2.63. The summed E-state index contributed by atoms with van der Waals surface area (Å²) in [6, 6.07) is 0.386. The van der Waals surface area contributed by atoms with Crippen LogP contribution in [0.2, 0.25) is 0 Å². The van der Waals surface area contributed by atoms with Crippen LogP contribution >= 0.6 is 0 Å². The number of primary amides is 1. The van der Waals surface area contributed by atoms with E-state index in [1.807, 2.05) is 6.92 Å². The number of benzene rings is 1. The van der Waals surface area contributed by atoms with Crippen LogP contribution in [0, 0.1) is 23.7 Å². The highest BCUT2D eigenvalue weighted by Gasteiger charge is 2.69. The minimum absolute atomic E-state index is 0.0196. The van der Waals surface area contributed by atoms with E-state index in [1.54, 1.807) is 25.1 Å². The first kappa shape index (κ1) is 31.3. The zero-order chi connectivity index (χ0) is 31.3. The van der Waals surface area contributed by atoms with Crippen LogP contribution in [0.4, 0.5) is 11.4 Å². The first-order valence-corrected chi connectivity index (χ1v) is 14.1. The average molecular weight is 586 g/mol. The molecule has 3 aliphatic carbocycles. The number of fused-ring (bicyclic) bond motifs is 3. The summed E-state index contributed by atoms with van der Waals surface area (Å²) in [7, 11) is 6.53. The number of anilines is 2. The molecule has 228 valence electrons. The number of aromatic hydroxyl groups is 1. The van der Waals surface area contributed by atoms with Crippen molar-refractivity contribution in [1.29, 1.82) is 0 Å². The van der Waals surface area contributed by atoms with Gasteiger partial charge in [-0.3, -0.25) is 33.7 Å². The number of unbranched alkanes of at least 4 members (excludes halogenated alkanes) is 1. The van der Waals surface area contributed by atoms with Crippen LogP contribution in [-0.2, 0) is 30.4 Å². The summed E-state index contributed by atoms with van der Waals surface area (Å²) in [5, 5.41) is 28.6. The summed E-state index contributed by atoms with van der Waals surface area (Å²) in [4.78, 5) is 82.6. The van der Waals surface area contributed by atoms with Crippen LogP contribution < -0.4 is 21.3 Å². The molecule has 0 heterocycles. The molecule has 2 saturated carbocycles. The van der Waals surface area contributed by atoms with Crippen molar-refractivity contribution < 1.29 is 39.0 Å². The summed E-state index contributed by atoms with van der Waals surface area (Å²) in [5.41, 5.74) is 3.34. The van der Waals surface area contributed by atoms with E-state index in [-0.39, 0.29) is 30.6 Å². The molecular weight excluding hydrogens is 546 g/mol. The van der Waals surface area contributed by atoms with Gasteiger partial charge in [0.1, 0.15) is 5.75 Å². The molecule has 13 nitrogen and oxygen atoms in total. The number of phenolic OH excluding ortho intramolecular Hbond substituents is 1. The highest BCUT2D eigenvalue weighted by atomic mass is 16.3. The van der Waals surface area contributed by atoms with Gasteiger partial charge in [-0.05, 0) is 57.5 Å². The van der Waals surface area contributed by atoms with Crippen LogP contribution in [0.25, 0.3) is 0 Å². The molecule has 0 radical (unpaired) electrons. The number of likely N-dealkylation sites (N-methyl/N-ethyl adjacent to an activating group) is 1. The van der Waals surface area contributed by atoms with Gasteiger partial charge in [-0.2, -0.15) is 0 Å². The normalized spacial score (nSPS) is 28.7. The Morgan fingerprint density at radius 2 is 1.79 bits per heavy atom. The number of rotatable bonds is 9. The predicted molar refractivity (Wildman–Crippen MR) is 152 cm³/mol. The molecule has 2 fully saturated rings. The second-order valence-electron chi connectivity index (χ2n) is 11.9. The number of nitrogens with one attached hydrogen (secondary N) is 2. The molecular formula is C29H39N5O8. The Hall–Kier alpha value is -3.68. The molecule has 42 heavy (non-hydrogen) atoms. The van der Waals surface area contributed by atoms with Crippen molar-refractivity contribution in [2.45, 2.75) is 44.2 Å². The third-order valence-corrected chi connectivity index (χ3v) is 8.79. The zero-order valence-electron chi connectivity index (χ0n) is 24.5. The topological polar surface area (TPSA) is 199 Å². The first-order valence-electron chi connectivity index (χ1n) is 14.1. The maximum absolute atomic E-state index is 14.0. The Labute approximate surface area is 243 Å². The minimum Gasteiger partial charge on any atom is -0.505 e. The van der Waals surface area contributed by atoms with Crippen LogP contribution in [0.5, 0.6) is 5.75 Å². The van der Waals surface area contributed by atoms with E-state index < -0.39 is 76.0 Å². The Balaban J connectivity index is 1.78. The fourth-order valence-corrected chi connectivity index (χ4v) is 6.84. The van der Waals surface area contributed by atoms with E-state index >= 15 is 0 Å². The van der Waals surface area contributed by atoms with Crippen LogP contribution in [0.1, 0.15) is 42.1 Å². The van der Waals surface area contributed by atoms with Crippen molar-refractivity contribution in [1.82, 2.24) is 10.2 Å². The largest absolute Gasteiger partial charge is 0.505 e. The lowest BCUT2D eigenvalue weighted by atomic mass is 9.52. The number of hydrogen-bond donors (Lipinski definition) is 5. The lowest BCUT2D eigenvalue weighted by molar-refractivity contribution is -0.181. The number of carbonyl (C=O) groups excluding carboxylic acids is 6. The van der Waals surface area contributed by atoms with Gasteiger partial charge in [-0.25, -0.2) is 0 Å². The third-order valence-electron chi connectivity index (χ3n) is 8.79. The minimum atomic E-state index is -2.80. The SMILES string of the molecule is CCCCNCC(=O)Nc1cc(N(C)C)c2c(c1O)C(=O)C1C(=O)[C@]3(O)C(=O)C(C(N)=O)C(=O)[C@@H](N(C)C)[C@@H]3C[C@@H]1C2. The molecule has 0 saturated heterocycles. The summed E-state index contributed by atoms with van der Waals surface area (Å²) in [5.74, 6) is -11.7. The number of amides is 2. The molecule has 1 aromatic rings. The second-order valence-corrected chi connectivity index (χ2v) is 11.9. The Kier molecular flexibility index (Phi) is 8.59. The van der Waals surface area contributed by atoms with E-state index in [1.165, 1.54) is 19.0 Å². The standard InChI is InChI=1S/C29H39N5O8/c1-6-7-8-31-12-18(35)32-16-11-17(33(2)3)14-9-13-10-15-22(34(4)5)25(38)21(28(30)41)27(40)29(15,42)26(39)19(13)24(37)20(14)23(16)36/h11,13,15,19,21-22,31,36,42H,6-10,12H2,1-5H3,(H2,30,41)(H,32,35)/t13-,15-,19?,21?,22-,29-/m0/s1. The monoisotopic (exact) mass is 585 g/mol. The smallest absolute Gasteiger partial charge is 0.238 e. The zero-order valence-corrected chi connectivity index (χ0v) is 24.5. The second kappa shape index (κ2) is 11.5. The van der Waals surface area contributed by atoms with Gasteiger partial charge in [0, 0.05) is 25.7 Å². The van der Waals surface area contributed by atoms with Gasteiger partial charge in [0.2, 0.25) is 11.8 Å². The molecule has 0 spiro atoms. The quantitative estimate of drug-likeness (QED) is 0.139. The van der Waals surface area contributed by atoms with Gasteiger partial charge < -0.3 is 31.5 Å². The maximum Gasteiger partial charge on any atom is 0.238 e. The summed E-state index contributed by atoms with van der Waals surface area (Å²) < 4.78 is 0. The summed E-state index contributed by atoms with van der Waals surface area (Å²) >= 11 is 0. The number of ketones is 4. The molecule has 1 aromatic carbocycles. The van der Waals surface area contributed by atoms with E-state index in [4.69, 9.17) is 5.73 Å². The number of nitrogens with two attached hydrogens (primary N) is 1. The predicted octanol–water partition coefficient (Wildman–Crippen LogP) is -0.739. The van der Waals surface area contributed by atoms with Crippen molar-refractivity contribution in [3.8, 4) is 5.75 Å². The van der Waals surface area contributed by atoms with Crippen molar-refractivity contribution >= 4 is 46.3 Å². The van der Waals surface area contributed by atoms with E-state index in [9.17, 15) is 39.0 Å². The van der Waals surface area contributed by atoms with Crippen LogP contribution in [-0.4, -0.2) is 103 Å². The van der Waals surface area contributed by atoms with Gasteiger partial charge in [0.05, 0.1) is 29.8 Å². The number of nitrogens with zero attached hydrogens (tertiary/aromatic N) is 2. The fraction of sp³-hybridized carbons (Fsp3) is 0.586. The van der Waals surface area contributed by atoms with Gasteiger partial charge in [0.15, 0.2) is 34.7 Å². The number of aliphatic hydroxyl groups is 1. The average Bonchev–Trinajstić information content (AvgIpc) is 2.89. The van der Waals surface area contributed by atoms with Crippen molar-refractivity contribution in [3.05, 3.63) is 17.2 Å². The fourth-order valence-electron chi connectivity index (χ4n) is 6.84. The van der Waals surface area contributed by atoms with Gasteiger partial charge in [-0.1, -0.05) is 13.3 Å². The van der Waals surface area contributed by atoms with E-state index in [0.717, 1.165) is 12.8 Å². The molecule has 6 N–H and O–H groups in total. The van der Waals surface area contributed by atoms with E-state index in [0.29, 0.717) is 17.8 Å². The maximum atomic E-state index is 14.0. The molecule has 3 aliphatic rings. The Morgan fingerprint density at radius 1 is 1.12 bits per heavy atom. The van der Waals surface area contributed by atoms with Crippen LogP contribution in [0.15, 0.2) is 6.07 Å². The third kappa shape index (κ3) is 4.88. The number of phenols is 1. The van der Waals surface area contributed by atoms with Crippen molar-refractivity contribution in [2.24, 2.45) is 29.4 Å². The van der Waals surface area contributed by atoms with Crippen molar-refractivity contribution in [2.75, 3.05) is 51.5 Å². The molecule has 0 bridgehead atoms. The first-order chi connectivity index (χ1) is 19.7. The number of carbonyl (C=O) groups is 6. The molecule has 2 unspecified atom stereocenters. The van der Waals surface area contributed by atoms with Crippen molar-refractivity contribution in [3.63, 3.8) is 0 Å². The lowest BCUT2D eigenvalue weighted by Gasteiger charge is -2.52. The lowest BCUT2D eigenvalue weighted by Crippen LogP contribution is -2.74. The Morgan fingerprint density at radius 3 is 2.36 bits per heavy atom. The molecule has 13 heteroatoms. The van der Waals surface area contributed by atoms with Crippen LogP contribution in [0.3, 0.4) is 0 Å². The summed E-state index contributed by atoms with van der Waals surface area (Å²) in [6.07, 6.45) is 1.91. The number of Topliss-reactive ketones (excluding diaryl/α,β-unsaturated/α-hetero) is 4. The number of hydrogen-bond acceptors (Lipinski definition) is 11. The van der Waals surface area contributed by atoms with Gasteiger partial charge in [0.25, 0.3) is 0 Å². The van der Waals surface area contributed by atoms with E-state index in [2.05, 4.69) is 10.6 Å². The van der Waals surface area contributed by atoms with Gasteiger partial charge >= 0.3 is 0 Å².